The average Bonchev–Trinajstić information content (AvgIpc) is 2.62. The summed E-state index contributed by atoms with van der Waals surface area (Å²) in [5.41, 5.74) is 0. The van der Waals surface area contributed by atoms with Crippen molar-refractivity contribution in [2.75, 3.05) is 53.6 Å². The van der Waals surface area contributed by atoms with Gasteiger partial charge in [0.15, 0.2) is 5.96 Å². The Morgan fingerprint density at radius 1 is 1.24 bits per heavy atom. The molecule has 0 saturated carbocycles. The third kappa shape index (κ3) is 8.88. The van der Waals surface area contributed by atoms with E-state index in [0.29, 0.717) is 18.1 Å². The van der Waals surface area contributed by atoms with Crippen molar-refractivity contribution >= 4 is 5.96 Å². The first-order valence-electron chi connectivity index (χ1n) is 9.80. The number of rotatable bonds is 11. The van der Waals surface area contributed by atoms with Crippen LogP contribution in [-0.4, -0.2) is 76.7 Å². The summed E-state index contributed by atoms with van der Waals surface area (Å²) in [6.07, 6.45) is 4.76. The predicted octanol–water partition coefficient (Wildman–Crippen LogP) is 2.53. The van der Waals surface area contributed by atoms with Gasteiger partial charge in [-0.25, -0.2) is 0 Å². The lowest BCUT2D eigenvalue weighted by atomic mass is 10.0. The predicted molar refractivity (Wildman–Crippen MR) is 103 cm³/mol. The lowest BCUT2D eigenvalue weighted by Crippen LogP contribution is -2.47. The monoisotopic (exact) mass is 357 g/mol. The highest BCUT2D eigenvalue weighted by Gasteiger charge is 2.22. The second-order valence-corrected chi connectivity index (χ2v) is 6.90. The molecule has 1 heterocycles. The molecule has 25 heavy (non-hydrogen) atoms. The first-order valence-corrected chi connectivity index (χ1v) is 9.80. The maximum Gasteiger partial charge on any atom is 0.193 e. The third-order valence-corrected chi connectivity index (χ3v) is 4.64. The van der Waals surface area contributed by atoms with Gasteiger partial charge in [-0.3, -0.25) is 4.99 Å². The van der Waals surface area contributed by atoms with Crippen LogP contribution in [0.3, 0.4) is 0 Å². The molecule has 1 unspecified atom stereocenters. The van der Waals surface area contributed by atoms with Crippen molar-refractivity contribution in [3.05, 3.63) is 0 Å². The number of aliphatic imine (C=N–C) groups is 1. The van der Waals surface area contributed by atoms with Crippen LogP contribution in [0.2, 0.25) is 0 Å². The molecule has 0 amide bonds. The number of piperidine rings is 1. The van der Waals surface area contributed by atoms with Crippen molar-refractivity contribution < 1.29 is 14.2 Å². The second kappa shape index (κ2) is 13.4. The van der Waals surface area contributed by atoms with E-state index in [1.54, 1.807) is 7.11 Å². The topological polar surface area (TPSA) is 55.3 Å². The molecule has 0 aliphatic carbocycles. The summed E-state index contributed by atoms with van der Waals surface area (Å²) in [7, 11) is 3.59. The summed E-state index contributed by atoms with van der Waals surface area (Å²) in [4.78, 5) is 6.78. The molecule has 1 rings (SSSR count). The number of methoxy groups -OCH3 is 1. The maximum absolute atomic E-state index is 5.93. The van der Waals surface area contributed by atoms with Gasteiger partial charge in [0, 0.05) is 53.6 Å². The molecule has 1 fully saturated rings. The van der Waals surface area contributed by atoms with Gasteiger partial charge in [0.1, 0.15) is 0 Å². The highest BCUT2D eigenvalue weighted by atomic mass is 16.5. The number of guanidine groups is 1. The zero-order valence-corrected chi connectivity index (χ0v) is 16.9. The standard InChI is InChI=1S/C19H39N3O3/c1-6-24-18(16(2)3)8-11-21-19(20-4)22-12-9-17(10-13-22)25-15-7-14-23-5/h16-18H,6-15H2,1-5H3,(H,20,21). The first-order chi connectivity index (χ1) is 12.1. The minimum atomic E-state index is 0.307. The molecule has 1 atom stereocenters. The fraction of sp³-hybridized carbons (Fsp3) is 0.947. The Kier molecular flexibility index (Phi) is 11.9. The van der Waals surface area contributed by atoms with Crippen LogP contribution in [0.1, 0.15) is 46.5 Å². The molecule has 1 saturated heterocycles. The van der Waals surface area contributed by atoms with Crippen LogP contribution in [0.25, 0.3) is 0 Å². The van der Waals surface area contributed by atoms with E-state index in [-0.39, 0.29) is 0 Å². The Morgan fingerprint density at radius 2 is 1.96 bits per heavy atom. The van der Waals surface area contributed by atoms with Gasteiger partial charge in [0.2, 0.25) is 0 Å². The van der Waals surface area contributed by atoms with E-state index >= 15 is 0 Å². The summed E-state index contributed by atoms with van der Waals surface area (Å²) in [5.74, 6) is 1.53. The number of hydrogen-bond donors (Lipinski definition) is 1. The fourth-order valence-electron chi connectivity index (χ4n) is 3.17. The zero-order valence-electron chi connectivity index (χ0n) is 16.9. The highest BCUT2D eigenvalue weighted by molar-refractivity contribution is 5.79. The van der Waals surface area contributed by atoms with E-state index in [1.807, 2.05) is 7.05 Å². The van der Waals surface area contributed by atoms with Gasteiger partial charge in [0.25, 0.3) is 0 Å². The van der Waals surface area contributed by atoms with Crippen molar-refractivity contribution in [2.45, 2.75) is 58.7 Å². The molecule has 1 aliphatic rings. The van der Waals surface area contributed by atoms with Crippen LogP contribution in [0.5, 0.6) is 0 Å². The van der Waals surface area contributed by atoms with Crippen LogP contribution >= 0.6 is 0 Å². The lowest BCUT2D eigenvalue weighted by Gasteiger charge is -2.34. The van der Waals surface area contributed by atoms with Crippen LogP contribution < -0.4 is 5.32 Å². The van der Waals surface area contributed by atoms with Crippen LogP contribution in [0.4, 0.5) is 0 Å². The second-order valence-electron chi connectivity index (χ2n) is 6.90. The minimum Gasteiger partial charge on any atom is -0.385 e. The van der Waals surface area contributed by atoms with Gasteiger partial charge in [-0.2, -0.15) is 0 Å². The molecule has 0 aromatic heterocycles. The van der Waals surface area contributed by atoms with Crippen molar-refractivity contribution in [1.29, 1.82) is 0 Å². The number of nitrogens with one attached hydrogen (secondary N) is 1. The molecule has 6 heteroatoms. The number of ether oxygens (including phenoxy) is 3. The van der Waals surface area contributed by atoms with Crippen LogP contribution in [0, 0.1) is 5.92 Å². The number of likely N-dealkylation sites (tertiary alicyclic amines) is 1. The Bertz CT molecular complexity index is 356. The number of hydrogen-bond acceptors (Lipinski definition) is 4. The van der Waals surface area contributed by atoms with Crippen molar-refractivity contribution in [2.24, 2.45) is 10.9 Å². The molecule has 0 radical (unpaired) electrons. The summed E-state index contributed by atoms with van der Waals surface area (Å²) in [5, 5.41) is 3.50. The lowest BCUT2D eigenvalue weighted by molar-refractivity contribution is 0.00969. The van der Waals surface area contributed by atoms with Gasteiger partial charge < -0.3 is 24.4 Å². The quantitative estimate of drug-likeness (QED) is 0.350. The SMILES string of the molecule is CCOC(CCNC(=NC)N1CCC(OCCCOC)CC1)C(C)C. The Balaban J connectivity index is 2.27. The Labute approximate surface area is 154 Å². The van der Waals surface area contributed by atoms with Gasteiger partial charge in [-0.05, 0) is 38.5 Å². The largest absolute Gasteiger partial charge is 0.385 e. The van der Waals surface area contributed by atoms with E-state index in [2.05, 4.69) is 36.0 Å². The van der Waals surface area contributed by atoms with Gasteiger partial charge in [-0.1, -0.05) is 13.8 Å². The van der Waals surface area contributed by atoms with Gasteiger partial charge >= 0.3 is 0 Å². The van der Waals surface area contributed by atoms with Crippen LogP contribution in [-0.2, 0) is 14.2 Å². The smallest absolute Gasteiger partial charge is 0.193 e. The molecule has 148 valence electrons. The summed E-state index contributed by atoms with van der Waals surface area (Å²) in [6, 6.07) is 0. The molecular weight excluding hydrogens is 318 g/mol. The Morgan fingerprint density at radius 3 is 2.52 bits per heavy atom. The third-order valence-electron chi connectivity index (χ3n) is 4.64. The molecule has 0 bridgehead atoms. The minimum absolute atomic E-state index is 0.307. The zero-order chi connectivity index (χ0) is 18.5. The van der Waals surface area contributed by atoms with Crippen molar-refractivity contribution in [3.8, 4) is 0 Å². The molecule has 6 nitrogen and oxygen atoms in total. The summed E-state index contributed by atoms with van der Waals surface area (Å²) >= 11 is 0. The molecule has 0 spiro atoms. The maximum atomic E-state index is 5.93. The van der Waals surface area contributed by atoms with Gasteiger partial charge in [-0.15, -0.1) is 0 Å². The molecular formula is C19H39N3O3. The molecule has 0 aromatic rings. The van der Waals surface area contributed by atoms with Crippen molar-refractivity contribution in [1.82, 2.24) is 10.2 Å². The van der Waals surface area contributed by atoms with E-state index in [1.165, 1.54) is 0 Å². The fourth-order valence-corrected chi connectivity index (χ4v) is 3.17. The van der Waals surface area contributed by atoms with Gasteiger partial charge in [0.05, 0.1) is 12.2 Å². The molecule has 1 aliphatic heterocycles. The Hall–Kier alpha value is -0.850. The van der Waals surface area contributed by atoms with E-state index < -0.39 is 0 Å². The van der Waals surface area contributed by atoms with E-state index in [9.17, 15) is 0 Å². The molecule has 1 N–H and O–H groups in total. The van der Waals surface area contributed by atoms with E-state index in [4.69, 9.17) is 14.2 Å². The van der Waals surface area contributed by atoms with Crippen LogP contribution in [0.15, 0.2) is 4.99 Å². The highest BCUT2D eigenvalue weighted by Crippen LogP contribution is 2.14. The van der Waals surface area contributed by atoms with E-state index in [0.717, 1.165) is 71.1 Å². The number of nitrogens with zero attached hydrogens (tertiary/aromatic N) is 2. The molecule has 0 aromatic carbocycles. The summed E-state index contributed by atoms with van der Waals surface area (Å²) in [6.45, 7) is 11.7. The summed E-state index contributed by atoms with van der Waals surface area (Å²) < 4.78 is 16.8. The van der Waals surface area contributed by atoms with Crippen molar-refractivity contribution in [3.63, 3.8) is 0 Å². The normalized spacial score (nSPS) is 18.0. The average molecular weight is 358 g/mol. The first kappa shape index (κ1) is 22.2.